The maximum atomic E-state index is 12.8. The van der Waals surface area contributed by atoms with Gasteiger partial charge in [-0.1, -0.05) is 12.1 Å². The number of hydrogen-bond acceptors (Lipinski definition) is 4. The molecule has 4 rings (SSSR count). The molecule has 1 N–H and O–H groups in total. The molecule has 25 heavy (non-hydrogen) atoms. The van der Waals surface area contributed by atoms with Gasteiger partial charge in [-0.3, -0.25) is 4.79 Å². The van der Waals surface area contributed by atoms with Gasteiger partial charge in [0.15, 0.2) is 5.76 Å². The fourth-order valence-corrected chi connectivity index (χ4v) is 4.33. The predicted octanol–water partition coefficient (Wildman–Crippen LogP) is 4.99. The molecule has 0 atom stereocenters. The molecule has 4 nitrogen and oxygen atoms in total. The molecule has 1 aromatic carbocycles. The van der Waals surface area contributed by atoms with Gasteiger partial charge in [0.1, 0.15) is 5.76 Å². The number of rotatable bonds is 2. The Bertz CT molecular complexity index is 998. The number of amides is 1. The summed E-state index contributed by atoms with van der Waals surface area (Å²) in [5.41, 5.74) is 5.85. The Kier molecular flexibility index (Phi) is 3.76. The van der Waals surface area contributed by atoms with E-state index in [0.29, 0.717) is 5.76 Å². The fourth-order valence-electron chi connectivity index (χ4n) is 3.39. The van der Waals surface area contributed by atoms with Crippen LogP contribution in [0.3, 0.4) is 0 Å². The Balaban J connectivity index is 1.72. The quantitative estimate of drug-likeness (QED) is 0.707. The number of carbonyl (C=O) groups excluding carboxylic acids is 1. The number of hydrogen-bond donors (Lipinski definition) is 1. The summed E-state index contributed by atoms with van der Waals surface area (Å²) in [7, 11) is 0. The number of benzene rings is 1. The number of thiazole rings is 1. The molecule has 0 aliphatic heterocycles. The fraction of sp³-hybridized carbons (Fsp3) is 0.300. The third-order valence-electron chi connectivity index (χ3n) is 4.69. The maximum Gasteiger partial charge on any atom is 0.291 e. The number of furan rings is 1. The molecule has 5 heteroatoms. The van der Waals surface area contributed by atoms with Crippen LogP contribution in [0.2, 0.25) is 0 Å². The van der Waals surface area contributed by atoms with Crippen molar-refractivity contribution in [1.82, 2.24) is 4.98 Å². The molecule has 0 bridgehead atoms. The molecule has 2 aromatic heterocycles. The van der Waals surface area contributed by atoms with E-state index < -0.39 is 0 Å². The van der Waals surface area contributed by atoms with Crippen LogP contribution in [-0.2, 0) is 12.8 Å². The van der Waals surface area contributed by atoms with Gasteiger partial charge in [0, 0.05) is 28.1 Å². The molecule has 128 valence electrons. The second-order valence-electron chi connectivity index (χ2n) is 6.63. The van der Waals surface area contributed by atoms with Gasteiger partial charge in [-0.2, -0.15) is 0 Å². The van der Waals surface area contributed by atoms with Gasteiger partial charge in [-0.15, -0.1) is 11.3 Å². The number of anilines is 1. The minimum Gasteiger partial charge on any atom is -0.455 e. The van der Waals surface area contributed by atoms with Gasteiger partial charge in [0.05, 0.1) is 10.7 Å². The SMILES string of the molecule is Cc1ccc(C)c(NC(=O)c2oc3c(c2C)-c2nc(C)sc2CC3)c1. The summed E-state index contributed by atoms with van der Waals surface area (Å²) in [5.74, 6) is 1.07. The molecule has 1 aliphatic carbocycles. The topological polar surface area (TPSA) is 55.1 Å². The Morgan fingerprint density at radius 3 is 2.80 bits per heavy atom. The summed E-state index contributed by atoms with van der Waals surface area (Å²) in [6.45, 7) is 7.97. The third-order valence-corrected chi connectivity index (χ3v) is 5.72. The number of nitrogens with one attached hydrogen (secondary N) is 1. The first-order chi connectivity index (χ1) is 11.9. The van der Waals surface area contributed by atoms with Crippen LogP contribution in [0.15, 0.2) is 22.6 Å². The van der Waals surface area contributed by atoms with Crippen molar-refractivity contribution in [2.45, 2.75) is 40.5 Å². The van der Waals surface area contributed by atoms with E-state index in [9.17, 15) is 4.79 Å². The summed E-state index contributed by atoms with van der Waals surface area (Å²) in [5, 5.41) is 4.05. The second kappa shape index (κ2) is 5.85. The lowest BCUT2D eigenvalue weighted by Gasteiger charge is -2.09. The summed E-state index contributed by atoms with van der Waals surface area (Å²) in [4.78, 5) is 18.8. The zero-order valence-corrected chi connectivity index (χ0v) is 15.6. The predicted molar refractivity (Wildman–Crippen MR) is 101 cm³/mol. The Morgan fingerprint density at radius 1 is 1.20 bits per heavy atom. The minimum absolute atomic E-state index is 0.200. The summed E-state index contributed by atoms with van der Waals surface area (Å²) in [6.07, 6.45) is 1.75. The molecule has 2 heterocycles. The summed E-state index contributed by atoms with van der Waals surface area (Å²) < 4.78 is 5.96. The molecule has 0 spiro atoms. The van der Waals surface area contributed by atoms with E-state index in [4.69, 9.17) is 4.42 Å². The first kappa shape index (κ1) is 16.1. The van der Waals surface area contributed by atoms with E-state index in [1.165, 1.54) is 4.88 Å². The van der Waals surface area contributed by atoms with Crippen LogP contribution < -0.4 is 5.32 Å². The van der Waals surface area contributed by atoms with Crippen molar-refractivity contribution in [1.29, 1.82) is 0 Å². The maximum absolute atomic E-state index is 12.8. The molecule has 0 unspecified atom stereocenters. The zero-order chi connectivity index (χ0) is 17.7. The lowest BCUT2D eigenvalue weighted by Crippen LogP contribution is -2.13. The van der Waals surface area contributed by atoms with Gasteiger partial charge in [-0.25, -0.2) is 4.98 Å². The molecule has 0 radical (unpaired) electrons. The van der Waals surface area contributed by atoms with E-state index in [1.807, 2.05) is 45.9 Å². The van der Waals surface area contributed by atoms with Crippen LogP contribution in [0.4, 0.5) is 5.69 Å². The minimum atomic E-state index is -0.200. The Hall–Kier alpha value is -2.40. The first-order valence-electron chi connectivity index (χ1n) is 8.41. The number of nitrogens with zero attached hydrogens (tertiary/aromatic N) is 1. The molecule has 1 aliphatic rings. The van der Waals surface area contributed by atoms with Crippen LogP contribution in [0.1, 0.15) is 42.9 Å². The van der Waals surface area contributed by atoms with Crippen molar-refractivity contribution >= 4 is 22.9 Å². The van der Waals surface area contributed by atoms with E-state index in [0.717, 1.165) is 57.2 Å². The van der Waals surface area contributed by atoms with Crippen LogP contribution >= 0.6 is 11.3 Å². The number of carbonyl (C=O) groups is 1. The monoisotopic (exact) mass is 352 g/mol. The van der Waals surface area contributed by atoms with E-state index in [-0.39, 0.29) is 5.91 Å². The average molecular weight is 352 g/mol. The lowest BCUT2D eigenvalue weighted by molar-refractivity contribution is 0.0994. The highest BCUT2D eigenvalue weighted by atomic mass is 32.1. The molecule has 0 fully saturated rings. The molecule has 3 aromatic rings. The number of aromatic nitrogens is 1. The van der Waals surface area contributed by atoms with E-state index >= 15 is 0 Å². The molecule has 0 saturated carbocycles. The van der Waals surface area contributed by atoms with Gasteiger partial charge in [-0.05, 0) is 51.3 Å². The second-order valence-corrected chi connectivity index (χ2v) is 7.92. The van der Waals surface area contributed by atoms with Gasteiger partial charge >= 0.3 is 0 Å². The van der Waals surface area contributed by atoms with Crippen LogP contribution in [0, 0.1) is 27.7 Å². The number of fused-ring (bicyclic) bond motifs is 3. The molecule has 1 amide bonds. The van der Waals surface area contributed by atoms with Crippen molar-refractivity contribution in [3.05, 3.63) is 56.3 Å². The lowest BCUT2D eigenvalue weighted by atomic mass is 9.97. The van der Waals surface area contributed by atoms with Crippen molar-refractivity contribution in [2.24, 2.45) is 0 Å². The van der Waals surface area contributed by atoms with Crippen LogP contribution in [0.5, 0.6) is 0 Å². The van der Waals surface area contributed by atoms with Crippen molar-refractivity contribution in [3.8, 4) is 11.3 Å². The van der Waals surface area contributed by atoms with Crippen molar-refractivity contribution in [3.63, 3.8) is 0 Å². The highest BCUT2D eigenvalue weighted by Gasteiger charge is 2.29. The Morgan fingerprint density at radius 2 is 2.00 bits per heavy atom. The van der Waals surface area contributed by atoms with E-state index in [2.05, 4.69) is 10.3 Å². The first-order valence-corrected chi connectivity index (χ1v) is 9.23. The van der Waals surface area contributed by atoms with Gasteiger partial charge in [0.25, 0.3) is 5.91 Å². The molecular formula is C20H20N2O2S. The summed E-state index contributed by atoms with van der Waals surface area (Å²) >= 11 is 1.73. The van der Waals surface area contributed by atoms with Crippen LogP contribution in [0.25, 0.3) is 11.3 Å². The highest BCUT2D eigenvalue weighted by molar-refractivity contribution is 7.12. The van der Waals surface area contributed by atoms with Crippen molar-refractivity contribution < 1.29 is 9.21 Å². The largest absolute Gasteiger partial charge is 0.455 e. The van der Waals surface area contributed by atoms with E-state index in [1.54, 1.807) is 11.3 Å². The van der Waals surface area contributed by atoms with Gasteiger partial charge < -0.3 is 9.73 Å². The Labute approximate surface area is 150 Å². The zero-order valence-electron chi connectivity index (χ0n) is 14.8. The number of aryl methyl sites for hydroxylation is 5. The molecule has 0 saturated heterocycles. The average Bonchev–Trinajstić information content (AvgIpc) is 3.10. The normalized spacial score (nSPS) is 12.6. The third kappa shape index (κ3) is 2.68. The smallest absolute Gasteiger partial charge is 0.291 e. The molecular weight excluding hydrogens is 332 g/mol. The van der Waals surface area contributed by atoms with Gasteiger partial charge in [0.2, 0.25) is 0 Å². The highest BCUT2D eigenvalue weighted by Crippen LogP contribution is 2.41. The van der Waals surface area contributed by atoms with Crippen molar-refractivity contribution in [2.75, 3.05) is 5.32 Å². The standard InChI is InChI=1S/C20H20N2O2S/c1-10-5-6-11(2)14(9-10)22-20(23)19-12(3)17-15(24-19)7-8-16-18(17)21-13(4)25-16/h5-6,9H,7-8H2,1-4H3,(H,22,23). The van der Waals surface area contributed by atoms with Crippen LogP contribution in [-0.4, -0.2) is 10.9 Å². The summed E-state index contributed by atoms with van der Waals surface area (Å²) in [6, 6.07) is 6.02.